The van der Waals surface area contributed by atoms with E-state index in [2.05, 4.69) is 43.0 Å². The van der Waals surface area contributed by atoms with E-state index in [0.29, 0.717) is 6.54 Å². The molecule has 0 atom stereocenters. The number of rotatable bonds is 8. The van der Waals surface area contributed by atoms with Crippen LogP contribution in [-0.4, -0.2) is 45.2 Å². The van der Waals surface area contributed by atoms with Gasteiger partial charge in [0.15, 0.2) is 0 Å². The molecule has 0 aromatic heterocycles. The van der Waals surface area contributed by atoms with Crippen LogP contribution in [0.2, 0.25) is 5.02 Å². The topological polar surface area (TPSA) is 32.5 Å². The van der Waals surface area contributed by atoms with Gasteiger partial charge in [0.1, 0.15) is 0 Å². The molecule has 0 heterocycles. The highest BCUT2D eigenvalue weighted by Crippen LogP contribution is 2.27. The van der Waals surface area contributed by atoms with Gasteiger partial charge in [-0.1, -0.05) is 17.7 Å². The first-order valence-electron chi connectivity index (χ1n) is 6.96. The third-order valence-electron chi connectivity index (χ3n) is 3.20. The van der Waals surface area contributed by atoms with E-state index in [1.807, 2.05) is 6.07 Å². The molecule has 0 aliphatic carbocycles. The number of hydrogen-bond donors (Lipinski definition) is 1. The predicted molar refractivity (Wildman–Crippen MR) is 85.3 cm³/mol. The van der Waals surface area contributed by atoms with Gasteiger partial charge in [-0.05, 0) is 64.6 Å². The molecule has 0 unspecified atom stereocenters. The number of hydrogen-bond acceptors (Lipinski definition) is 3. The Balaban J connectivity index is 2.69. The van der Waals surface area contributed by atoms with Gasteiger partial charge in [0.2, 0.25) is 0 Å². The standard InChI is InChI=1S/C15H26ClN3/c1-4-19(11-5-10-18(2)3)15-7-6-13(8-9-17)12-14(15)16/h6-7,12H,4-5,8-11,17H2,1-3H3. The zero-order valence-corrected chi connectivity index (χ0v) is 13.1. The van der Waals surface area contributed by atoms with Crippen LogP contribution in [-0.2, 0) is 6.42 Å². The van der Waals surface area contributed by atoms with Crippen molar-refractivity contribution < 1.29 is 0 Å². The van der Waals surface area contributed by atoms with Gasteiger partial charge in [-0.2, -0.15) is 0 Å². The van der Waals surface area contributed by atoms with E-state index in [0.717, 1.165) is 43.2 Å². The third kappa shape index (κ3) is 5.39. The van der Waals surface area contributed by atoms with Crippen LogP contribution in [0, 0.1) is 0 Å². The first kappa shape index (κ1) is 16.3. The van der Waals surface area contributed by atoms with Crippen LogP contribution >= 0.6 is 11.6 Å². The quantitative estimate of drug-likeness (QED) is 0.796. The zero-order valence-electron chi connectivity index (χ0n) is 12.3. The van der Waals surface area contributed by atoms with Crippen LogP contribution in [0.25, 0.3) is 0 Å². The minimum Gasteiger partial charge on any atom is -0.371 e. The van der Waals surface area contributed by atoms with E-state index in [1.54, 1.807) is 0 Å². The van der Waals surface area contributed by atoms with Crippen molar-refractivity contribution in [3.8, 4) is 0 Å². The van der Waals surface area contributed by atoms with Crippen LogP contribution in [0.15, 0.2) is 18.2 Å². The molecule has 19 heavy (non-hydrogen) atoms. The van der Waals surface area contributed by atoms with Crippen LogP contribution in [0.1, 0.15) is 18.9 Å². The van der Waals surface area contributed by atoms with Gasteiger partial charge in [0.05, 0.1) is 10.7 Å². The molecule has 2 N–H and O–H groups in total. The molecule has 0 bridgehead atoms. The van der Waals surface area contributed by atoms with Crippen LogP contribution in [0.4, 0.5) is 5.69 Å². The van der Waals surface area contributed by atoms with E-state index >= 15 is 0 Å². The Kier molecular flexibility index (Phi) is 7.21. The summed E-state index contributed by atoms with van der Waals surface area (Å²) in [5.41, 5.74) is 7.91. The maximum atomic E-state index is 6.39. The molecule has 0 aliphatic rings. The van der Waals surface area contributed by atoms with Gasteiger partial charge in [0, 0.05) is 13.1 Å². The van der Waals surface area contributed by atoms with Gasteiger partial charge >= 0.3 is 0 Å². The van der Waals surface area contributed by atoms with Gasteiger partial charge in [-0.3, -0.25) is 0 Å². The van der Waals surface area contributed by atoms with Crippen molar-refractivity contribution >= 4 is 17.3 Å². The van der Waals surface area contributed by atoms with Gasteiger partial charge < -0.3 is 15.5 Å². The van der Waals surface area contributed by atoms with Crippen molar-refractivity contribution in [2.24, 2.45) is 5.73 Å². The maximum Gasteiger partial charge on any atom is 0.0642 e. The number of nitrogens with zero attached hydrogens (tertiary/aromatic N) is 2. The highest BCUT2D eigenvalue weighted by atomic mass is 35.5. The normalized spacial score (nSPS) is 11.1. The smallest absolute Gasteiger partial charge is 0.0642 e. The average molecular weight is 284 g/mol. The monoisotopic (exact) mass is 283 g/mol. The molecule has 3 nitrogen and oxygen atoms in total. The molecule has 0 radical (unpaired) electrons. The lowest BCUT2D eigenvalue weighted by Gasteiger charge is -2.25. The SMILES string of the molecule is CCN(CCCN(C)C)c1ccc(CCN)cc1Cl. The minimum absolute atomic E-state index is 0.663. The fourth-order valence-corrected chi connectivity index (χ4v) is 2.48. The van der Waals surface area contributed by atoms with Crippen molar-refractivity contribution in [2.75, 3.05) is 45.2 Å². The predicted octanol–water partition coefficient (Wildman–Crippen LogP) is 2.62. The zero-order chi connectivity index (χ0) is 14.3. The summed E-state index contributed by atoms with van der Waals surface area (Å²) in [6, 6.07) is 6.29. The molecule has 0 saturated carbocycles. The third-order valence-corrected chi connectivity index (χ3v) is 3.50. The number of nitrogens with two attached hydrogens (primary N) is 1. The Bertz CT molecular complexity index is 380. The lowest BCUT2D eigenvalue weighted by molar-refractivity contribution is 0.400. The summed E-state index contributed by atoms with van der Waals surface area (Å²) in [6.45, 7) is 5.93. The molecule has 1 aromatic rings. The van der Waals surface area contributed by atoms with Crippen molar-refractivity contribution in [3.63, 3.8) is 0 Å². The van der Waals surface area contributed by atoms with Gasteiger partial charge in [-0.15, -0.1) is 0 Å². The van der Waals surface area contributed by atoms with Gasteiger partial charge in [0.25, 0.3) is 0 Å². The summed E-state index contributed by atoms with van der Waals surface area (Å²) >= 11 is 6.39. The lowest BCUT2D eigenvalue weighted by Crippen LogP contribution is -2.27. The Labute approximate surface area is 122 Å². The second kappa shape index (κ2) is 8.41. The van der Waals surface area contributed by atoms with Crippen molar-refractivity contribution in [1.29, 1.82) is 0 Å². The Morgan fingerprint density at radius 3 is 2.47 bits per heavy atom. The lowest BCUT2D eigenvalue weighted by atomic mass is 10.1. The van der Waals surface area contributed by atoms with E-state index in [4.69, 9.17) is 17.3 Å². The Morgan fingerprint density at radius 1 is 1.21 bits per heavy atom. The summed E-state index contributed by atoms with van der Waals surface area (Å²) in [4.78, 5) is 4.54. The summed E-state index contributed by atoms with van der Waals surface area (Å²) in [7, 11) is 4.20. The van der Waals surface area contributed by atoms with Crippen molar-refractivity contribution in [3.05, 3.63) is 28.8 Å². The van der Waals surface area contributed by atoms with E-state index in [1.165, 1.54) is 5.56 Å². The second-order valence-electron chi connectivity index (χ2n) is 5.06. The fraction of sp³-hybridized carbons (Fsp3) is 0.600. The van der Waals surface area contributed by atoms with Crippen LogP contribution in [0.5, 0.6) is 0 Å². The summed E-state index contributed by atoms with van der Waals surface area (Å²) < 4.78 is 0. The molecule has 4 heteroatoms. The first-order valence-corrected chi connectivity index (χ1v) is 7.34. The number of halogens is 1. The minimum atomic E-state index is 0.663. The molecule has 0 amide bonds. The average Bonchev–Trinajstić information content (AvgIpc) is 2.36. The van der Waals surface area contributed by atoms with E-state index in [-0.39, 0.29) is 0 Å². The molecule has 0 aliphatic heterocycles. The molecule has 108 valence electrons. The molecular weight excluding hydrogens is 258 g/mol. The molecule has 0 spiro atoms. The van der Waals surface area contributed by atoms with Crippen LogP contribution in [0.3, 0.4) is 0 Å². The molecule has 1 aromatic carbocycles. The van der Waals surface area contributed by atoms with Gasteiger partial charge in [-0.25, -0.2) is 0 Å². The number of benzene rings is 1. The molecule has 1 rings (SSSR count). The Morgan fingerprint density at radius 2 is 1.95 bits per heavy atom. The fourth-order valence-electron chi connectivity index (χ4n) is 2.16. The highest BCUT2D eigenvalue weighted by Gasteiger charge is 2.09. The summed E-state index contributed by atoms with van der Waals surface area (Å²) in [5, 5.41) is 0.831. The van der Waals surface area contributed by atoms with Crippen molar-refractivity contribution in [1.82, 2.24) is 4.90 Å². The maximum absolute atomic E-state index is 6.39. The summed E-state index contributed by atoms with van der Waals surface area (Å²) in [6.07, 6.45) is 2.02. The largest absolute Gasteiger partial charge is 0.371 e. The molecule has 0 saturated heterocycles. The highest BCUT2D eigenvalue weighted by molar-refractivity contribution is 6.33. The Hall–Kier alpha value is -0.770. The van der Waals surface area contributed by atoms with E-state index < -0.39 is 0 Å². The molecule has 0 fully saturated rings. The van der Waals surface area contributed by atoms with E-state index in [9.17, 15) is 0 Å². The molecular formula is C15H26ClN3. The van der Waals surface area contributed by atoms with Crippen LogP contribution < -0.4 is 10.6 Å². The number of anilines is 1. The second-order valence-corrected chi connectivity index (χ2v) is 5.47. The first-order chi connectivity index (χ1) is 9.08. The summed E-state index contributed by atoms with van der Waals surface area (Å²) in [5.74, 6) is 0. The van der Waals surface area contributed by atoms with Crippen molar-refractivity contribution in [2.45, 2.75) is 19.8 Å².